The monoisotopic (exact) mass is 455 g/mol. The molecule has 0 aliphatic rings. The van der Waals surface area contributed by atoms with Gasteiger partial charge in [0.25, 0.3) is 5.91 Å². The number of halogens is 3. The molecule has 0 N–H and O–H groups in total. The number of ether oxygens (including phenoxy) is 1. The van der Waals surface area contributed by atoms with Gasteiger partial charge >= 0.3 is 5.97 Å². The number of amides is 1. The Balaban J connectivity index is 2.07. The molecule has 4 nitrogen and oxygen atoms in total. The number of aryl methyl sites for hydroxylation is 1. The molecule has 0 heterocycles. The van der Waals surface area contributed by atoms with Crippen LogP contribution in [0.2, 0.25) is 0 Å². The summed E-state index contributed by atoms with van der Waals surface area (Å²) >= 11 is 0. The molecule has 33 heavy (non-hydrogen) atoms. The van der Waals surface area contributed by atoms with E-state index in [1.54, 1.807) is 52.0 Å². The Kier molecular flexibility index (Phi) is 6.91. The van der Waals surface area contributed by atoms with Gasteiger partial charge in [-0.15, -0.1) is 0 Å². The van der Waals surface area contributed by atoms with Gasteiger partial charge in [0.05, 0.1) is 0 Å². The Hall–Kier alpha value is -3.61. The average molecular weight is 455 g/mol. The Morgan fingerprint density at radius 1 is 0.879 bits per heavy atom. The van der Waals surface area contributed by atoms with Crippen LogP contribution < -0.4 is 4.90 Å². The van der Waals surface area contributed by atoms with Crippen LogP contribution in [0.1, 0.15) is 36.7 Å². The van der Waals surface area contributed by atoms with Crippen molar-refractivity contribution in [2.75, 3.05) is 11.4 Å². The van der Waals surface area contributed by atoms with Gasteiger partial charge in [0.15, 0.2) is 0 Å². The molecular weight excluding hydrogens is 431 g/mol. The third kappa shape index (κ3) is 5.80. The van der Waals surface area contributed by atoms with Crippen LogP contribution in [0.15, 0.2) is 60.7 Å². The van der Waals surface area contributed by atoms with E-state index in [1.165, 1.54) is 18.2 Å². The zero-order chi connectivity index (χ0) is 24.3. The topological polar surface area (TPSA) is 46.6 Å². The first kappa shape index (κ1) is 24.0. The van der Waals surface area contributed by atoms with Crippen molar-refractivity contribution in [1.29, 1.82) is 0 Å². The average Bonchev–Trinajstić information content (AvgIpc) is 2.70. The van der Waals surface area contributed by atoms with Crippen LogP contribution in [0.5, 0.6) is 0 Å². The third-order valence-electron chi connectivity index (χ3n) is 4.72. The predicted molar refractivity (Wildman–Crippen MR) is 120 cm³/mol. The summed E-state index contributed by atoms with van der Waals surface area (Å²) in [5.41, 5.74) is -0.0182. The molecule has 3 aromatic carbocycles. The largest absolute Gasteiger partial charge is 0.459 e. The highest BCUT2D eigenvalue weighted by molar-refractivity contribution is 6.09. The van der Waals surface area contributed by atoms with E-state index in [0.29, 0.717) is 5.56 Å². The lowest BCUT2D eigenvalue weighted by Gasteiger charge is -2.26. The summed E-state index contributed by atoms with van der Waals surface area (Å²) in [7, 11) is 0. The summed E-state index contributed by atoms with van der Waals surface area (Å²) in [6.07, 6.45) is 0. The fourth-order valence-corrected chi connectivity index (χ4v) is 3.32. The van der Waals surface area contributed by atoms with Crippen LogP contribution in [-0.2, 0) is 9.53 Å². The molecule has 0 saturated heterocycles. The van der Waals surface area contributed by atoms with Gasteiger partial charge in [-0.3, -0.25) is 14.5 Å². The van der Waals surface area contributed by atoms with Gasteiger partial charge in [-0.1, -0.05) is 30.3 Å². The Morgan fingerprint density at radius 3 is 2.12 bits per heavy atom. The van der Waals surface area contributed by atoms with Crippen LogP contribution in [0.4, 0.5) is 18.9 Å². The first-order valence-corrected chi connectivity index (χ1v) is 10.3. The number of hydrogen-bond acceptors (Lipinski definition) is 3. The number of anilines is 1. The standard InChI is InChI=1S/C26H24F3NO3/c1-16-11-12-19(22(29)13-16)17-7-5-8-18(14-17)30(15-23(31)33-26(2,3)4)25(32)24-20(27)9-6-10-21(24)28/h5-14H,15H2,1-4H3. The maximum absolute atomic E-state index is 14.5. The predicted octanol–water partition coefficient (Wildman–Crippen LogP) is 6.07. The number of esters is 1. The highest BCUT2D eigenvalue weighted by atomic mass is 19.1. The molecule has 0 spiro atoms. The Labute approximate surface area is 190 Å². The van der Waals surface area contributed by atoms with E-state index in [-0.39, 0.29) is 11.3 Å². The molecule has 0 radical (unpaired) electrons. The minimum absolute atomic E-state index is 0.158. The molecule has 0 unspecified atom stereocenters. The molecule has 0 saturated carbocycles. The lowest BCUT2D eigenvalue weighted by molar-refractivity contribution is -0.152. The van der Waals surface area contributed by atoms with E-state index < -0.39 is 47.0 Å². The summed E-state index contributed by atoms with van der Waals surface area (Å²) in [6, 6.07) is 13.9. The van der Waals surface area contributed by atoms with E-state index >= 15 is 0 Å². The number of benzene rings is 3. The lowest BCUT2D eigenvalue weighted by atomic mass is 10.0. The molecule has 172 valence electrons. The highest BCUT2D eigenvalue weighted by Crippen LogP contribution is 2.29. The van der Waals surface area contributed by atoms with Crippen molar-refractivity contribution in [1.82, 2.24) is 0 Å². The first-order chi connectivity index (χ1) is 15.5. The smallest absolute Gasteiger partial charge is 0.326 e. The molecule has 0 aliphatic heterocycles. The number of carbonyl (C=O) groups is 2. The van der Waals surface area contributed by atoms with Crippen LogP contribution >= 0.6 is 0 Å². The van der Waals surface area contributed by atoms with E-state index in [0.717, 1.165) is 28.7 Å². The van der Waals surface area contributed by atoms with Crippen molar-refractivity contribution in [2.24, 2.45) is 0 Å². The zero-order valence-electron chi connectivity index (χ0n) is 18.8. The molecule has 0 aliphatic carbocycles. The molecule has 0 atom stereocenters. The SMILES string of the molecule is Cc1ccc(-c2cccc(N(CC(=O)OC(C)(C)C)C(=O)c3c(F)cccc3F)c2)c(F)c1. The third-order valence-corrected chi connectivity index (χ3v) is 4.72. The van der Waals surface area contributed by atoms with Gasteiger partial charge < -0.3 is 4.74 Å². The Morgan fingerprint density at radius 2 is 1.52 bits per heavy atom. The van der Waals surface area contributed by atoms with E-state index in [9.17, 15) is 22.8 Å². The molecule has 3 rings (SSSR count). The van der Waals surface area contributed by atoms with Crippen molar-refractivity contribution in [3.63, 3.8) is 0 Å². The highest BCUT2D eigenvalue weighted by Gasteiger charge is 2.28. The van der Waals surface area contributed by atoms with Gasteiger partial charge in [-0.2, -0.15) is 0 Å². The fraction of sp³-hybridized carbons (Fsp3) is 0.231. The minimum Gasteiger partial charge on any atom is -0.459 e. The molecule has 3 aromatic rings. The van der Waals surface area contributed by atoms with Crippen molar-refractivity contribution in [3.05, 3.63) is 89.2 Å². The van der Waals surface area contributed by atoms with E-state index in [4.69, 9.17) is 4.74 Å². The van der Waals surface area contributed by atoms with Crippen LogP contribution in [0.3, 0.4) is 0 Å². The van der Waals surface area contributed by atoms with E-state index in [1.807, 2.05) is 0 Å². The van der Waals surface area contributed by atoms with Crippen molar-refractivity contribution < 1.29 is 27.5 Å². The maximum Gasteiger partial charge on any atom is 0.326 e. The van der Waals surface area contributed by atoms with Gasteiger partial charge in [0.2, 0.25) is 0 Å². The molecule has 0 bridgehead atoms. The minimum atomic E-state index is -1.06. The van der Waals surface area contributed by atoms with Gasteiger partial charge in [0.1, 0.15) is 35.2 Å². The number of rotatable bonds is 5. The fourth-order valence-electron chi connectivity index (χ4n) is 3.32. The number of nitrogens with zero attached hydrogens (tertiary/aromatic N) is 1. The number of carbonyl (C=O) groups excluding carboxylic acids is 2. The molecule has 1 amide bonds. The van der Waals surface area contributed by atoms with Crippen LogP contribution in [0.25, 0.3) is 11.1 Å². The van der Waals surface area contributed by atoms with Crippen molar-refractivity contribution in [2.45, 2.75) is 33.3 Å². The summed E-state index contributed by atoms with van der Waals surface area (Å²) in [6.45, 7) is 6.15. The summed E-state index contributed by atoms with van der Waals surface area (Å²) in [5, 5.41) is 0. The van der Waals surface area contributed by atoms with Crippen molar-refractivity contribution in [3.8, 4) is 11.1 Å². The second-order valence-corrected chi connectivity index (χ2v) is 8.61. The molecular formula is C26H24F3NO3. The second kappa shape index (κ2) is 9.48. The lowest BCUT2D eigenvalue weighted by Crippen LogP contribution is -2.39. The maximum atomic E-state index is 14.5. The van der Waals surface area contributed by atoms with E-state index in [2.05, 4.69) is 0 Å². The first-order valence-electron chi connectivity index (χ1n) is 10.3. The van der Waals surface area contributed by atoms with Gasteiger partial charge in [-0.25, -0.2) is 13.2 Å². The second-order valence-electron chi connectivity index (χ2n) is 8.61. The van der Waals surface area contributed by atoms with Gasteiger partial charge in [0, 0.05) is 11.3 Å². The molecule has 0 aromatic heterocycles. The quantitative estimate of drug-likeness (QED) is 0.439. The molecule has 0 fully saturated rings. The summed E-state index contributed by atoms with van der Waals surface area (Å²) in [5.74, 6) is -4.40. The van der Waals surface area contributed by atoms with Crippen molar-refractivity contribution >= 4 is 17.6 Å². The Bertz CT molecular complexity index is 1180. The normalized spacial score (nSPS) is 11.2. The van der Waals surface area contributed by atoms with Gasteiger partial charge in [-0.05, 0) is 69.2 Å². The summed E-state index contributed by atoms with van der Waals surface area (Å²) in [4.78, 5) is 26.7. The molecule has 7 heteroatoms. The van der Waals surface area contributed by atoms with Crippen LogP contribution in [0, 0.1) is 24.4 Å². The van der Waals surface area contributed by atoms with Crippen LogP contribution in [-0.4, -0.2) is 24.0 Å². The zero-order valence-corrected chi connectivity index (χ0v) is 18.8. The number of hydrogen-bond donors (Lipinski definition) is 0. The summed E-state index contributed by atoms with van der Waals surface area (Å²) < 4.78 is 48.6.